The van der Waals surface area contributed by atoms with Crippen molar-refractivity contribution in [3.63, 3.8) is 0 Å². The molecule has 2 nitrogen and oxygen atoms in total. The first-order chi connectivity index (χ1) is 7.84. The van der Waals surface area contributed by atoms with Crippen LogP contribution >= 0.6 is 0 Å². The van der Waals surface area contributed by atoms with E-state index in [1.54, 1.807) is 0 Å². The summed E-state index contributed by atoms with van der Waals surface area (Å²) in [4.78, 5) is 2.22. The van der Waals surface area contributed by atoms with Gasteiger partial charge < -0.3 is 4.90 Å². The van der Waals surface area contributed by atoms with Crippen LogP contribution in [0.25, 0.3) is 0 Å². The molecule has 0 unspecified atom stereocenters. The number of aryl methyl sites for hydroxylation is 2. The van der Waals surface area contributed by atoms with Gasteiger partial charge >= 0.3 is 0 Å². The van der Waals surface area contributed by atoms with Gasteiger partial charge in [0.05, 0.1) is 11.5 Å². The van der Waals surface area contributed by atoms with Gasteiger partial charge in [0.15, 0.2) is 0 Å². The average Bonchev–Trinajstić information content (AvgIpc) is 2.24. The SMILES string of the molecule is Cc1cc(C)cc(N(C)CCC(C)(C)C#N)c1. The van der Waals surface area contributed by atoms with Gasteiger partial charge in [-0.25, -0.2) is 0 Å². The summed E-state index contributed by atoms with van der Waals surface area (Å²) in [6, 6.07) is 8.90. The lowest BCUT2D eigenvalue weighted by Crippen LogP contribution is -2.23. The first kappa shape index (κ1) is 13.6. The van der Waals surface area contributed by atoms with E-state index < -0.39 is 0 Å². The molecule has 0 saturated carbocycles. The molecule has 1 aromatic carbocycles. The second kappa shape index (κ2) is 5.23. The number of rotatable bonds is 4. The molecule has 0 aromatic heterocycles. The van der Waals surface area contributed by atoms with Crippen LogP contribution in [0.2, 0.25) is 0 Å². The molecule has 0 N–H and O–H groups in total. The highest BCUT2D eigenvalue weighted by molar-refractivity contribution is 5.50. The van der Waals surface area contributed by atoms with E-state index in [1.807, 2.05) is 13.8 Å². The van der Waals surface area contributed by atoms with Gasteiger partial charge in [0.25, 0.3) is 0 Å². The second-order valence-electron chi connectivity index (χ2n) is 5.51. The summed E-state index contributed by atoms with van der Waals surface area (Å²) >= 11 is 0. The zero-order valence-electron chi connectivity index (χ0n) is 11.5. The number of nitriles is 1. The van der Waals surface area contributed by atoms with Crippen LogP contribution in [0.4, 0.5) is 5.69 Å². The van der Waals surface area contributed by atoms with Gasteiger partial charge in [0.1, 0.15) is 0 Å². The Balaban J connectivity index is 2.71. The molecule has 2 heteroatoms. The molecule has 92 valence electrons. The number of hydrogen-bond acceptors (Lipinski definition) is 2. The molecular formula is C15H22N2. The summed E-state index contributed by atoms with van der Waals surface area (Å²) in [5, 5.41) is 9.00. The van der Waals surface area contributed by atoms with Crippen LogP contribution in [0, 0.1) is 30.6 Å². The lowest BCUT2D eigenvalue weighted by atomic mass is 9.91. The fraction of sp³-hybridized carbons (Fsp3) is 0.533. The third-order valence-corrected chi connectivity index (χ3v) is 3.02. The van der Waals surface area contributed by atoms with Gasteiger partial charge in [-0.3, -0.25) is 0 Å². The fourth-order valence-corrected chi connectivity index (χ4v) is 1.80. The number of nitrogens with zero attached hydrogens (tertiary/aromatic N) is 2. The molecule has 0 aliphatic rings. The van der Waals surface area contributed by atoms with Crippen molar-refractivity contribution in [2.45, 2.75) is 34.1 Å². The predicted octanol–water partition coefficient (Wildman–Crippen LogP) is 3.68. The number of anilines is 1. The topological polar surface area (TPSA) is 27.0 Å². The second-order valence-corrected chi connectivity index (χ2v) is 5.51. The van der Waals surface area contributed by atoms with E-state index >= 15 is 0 Å². The Bertz CT molecular complexity index is 407. The van der Waals surface area contributed by atoms with Crippen molar-refractivity contribution in [3.8, 4) is 6.07 Å². The van der Waals surface area contributed by atoms with E-state index in [9.17, 15) is 0 Å². The van der Waals surface area contributed by atoms with Crippen LogP contribution < -0.4 is 4.90 Å². The molecule has 0 heterocycles. The zero-order chi connectivity index (χ0) is 13.1. The molecule has 0 aliphatic heterocycles. The van der Waals surface area contributed by atoms with Crippen LogP contribution in [0.5, 0.6) is 0 Å². The molecule has 0 aliphatic carbocycles. The molecule has 17 heavy (non-hydrogen) atoms. The summed E-state index contributed by atoms with van der Waals surface area (Å²) in [7, 11) is 2.08. The van der Waals surface area contributed by atoms with Crippen LogP contribution in [-0.4, -0.2) is 13.6 Å². The Labute approximate surface area is 105 Å². The molecule has 1 aromatic rings. The van der Waals surface area contributed by atoms with Crippen molar-refractivity contribution < 1.29 is 0 Å². The van der Waals surface area contributed by atoms with Crippen LogP contribution in [0.3, 0.4) is 0 Å². The van der Waals surface area contributed by atoms with E-state index in [0.717, 1.165) is 13.0 Å². The molecule has 0 amide bonds. The molecule has 0 atom stereocenters. The van der Waals surface area contributed by atoms with Crippen molar-refractivity contribution in [2.75, 3.05) is 18.5 Å². The quantitative estimate of drug-likeness (QED) is 0.789. The van der Waals surface area contributed by atoms with Crippen molar-refractivity contribution in [1.29, 1.82) is 5.26 Å². The summed E-state index contributed by atoms with van der Waals surface area (Å²) in [6.45, 7) is 9.11. The van der Waals surface area contributed by atoms with Crippen molar-refractivity contribution in [2.24, 2.45) is 5.41 Å². The Hall–Kier alpha value is -1.49. The monoisotopic (exact) mass is 230 g/mol. The summed E-state index contributed by atoms with van der Waals surface area (Å²) in [5.74, 6) is 0. The van der Waals surface area contributed by atoms with Gasteiger partial charge in [0, 0.05) is 19.3 Å². The Morgan fingerprint density at radius 2 is 1.71 bits per heavy atom. The highest BCUT2D eigenvalue weighted by Crippen LogP contribution is 2.22. The first-order valence-electron chi connectivity index (χ1n) is 6.05. The van der Waals surface area contributed by atoms with E-state index in [4.69, 9.17) is 5.26 Å². The molecule has 0 radical (unpaired) electrons. The molecule has 1 rings (SSSR count). The van der Waals surface area contributed by atoms with Crippen LogP contribution in [-0.2, 0) is 0 Å². The van der Waals surface area contributed by atoms with Gasteiger partial charge in [-0.1, -0.05) is 6.07 Å². The summed E-state index contributed by atoms with van der Waals surface area (Å²) in [6.07, 6.45) is 0.882. The maximum absolute atomic E-state index is 9.00. The highest BCUT2D eigenvalue weighted by atomic mass is 15.1. The van der Waals surface area contributed by atoms with E-state index in [-0.39, 0.29) is 5.41 Å². The number of hydrogen-bond donors (Lipinski definition) is 0. The summed E-state index contributed by atoms with van der Waals surface area (Å²) in [5.41, 5.74) is 3.56. The Morgan fingerprint density at radius 1 is 1.18 bits per heavy atom. The van der Waals surface area contributed by atoms with Crippen molar-refractivity contribution >= 4 is 5.69 Å². The maximum Gasteiger partial charge on any atom is 0.0684 e. The minimum Gasteiger partial charge on any atom is -0.375 e. The smallest absolute Gasteiger partial charge is 0.0684 e. The third-order valence-electron chi connectivity index (χ3n) is 3.02. The molecular weight excluding hydrogens is 208 g/mol. The van der Waals surface area contributed by atoms with Crippen LogP contribution in [0.15, 0.2) is 18.2 Å². The zero-order valence-corrected chi connectivity index (χ0v) is 11.5. The van der Waals surface area contributed by atoms with Crippen LogP contribution in [0.1, 0.15) is 31.4 Å². The van der Waals surface area contributed by atoms with Gasteiger partial charge in [-0.15, -0.1) is 0 Å². The normalized spacial score (nSPS) is 11.1. The molecule has 0 spiro atoms. The Morgan fingerprint density at radius 3 is 2.18 bits per heavy atom. The van der Waals surface area contributed by atoms with E-state index in [2.05, 4.69) is 50.1 Å². The standard InChI is InChI=1S/C15H22N2/c1-12-8-13(2)10-14(9-12)17(5)7-6-15(3,4)11-16/h8-10H,6-7H2,1-5H3. The van der Waals surface area contributed by atoms with E-state index in [0.29, 0.717) is 0 Å². The molecule has 0 saturated heterocycles. The highest BCUT2D eigenvalue weighted by Gasteiger charge is 2.17. The van der Waals surface area contributed by atoms with Crippen molar-refractivity contribution in [3.05, 3.63) is 29.3 Å². The predicted molar refractivity (Wildman–Crippen MR) is 73.2 cm³/mol. The maximum atomic E-state index is 9.00. The van der Waals surface area contributed by atoms with Crippen molar-refractivity contribution in [1.82, 2.24) is 0 Å². The van der Waals surface area contributed by atoms with E-state index in [1.165, 1.54) is 16.8 Å². The summed E-state index contributed by atoms with van der Waals surface area (Å²) < 4.78 is 0. The van der Waals surface area contributed by atoms with Gasteiger partial charge in [0.2, 0.25) is 0 Å². The molecule has 0 fully saturated rings. The fourth-order valence-electron chi connectivity index (χ4n) is 1.80. The Kier molecular flexibility index (Phi) is 4.17. The lowest BCUT2D eigenvalue weighted by Gasteiger charge is -2.24. The average molecular weight is 230 g/mol. The lowest BCUT2D eigenvalue weighted by molar-refractivity contribution is 0.455. The number of benzene rings is 1. The van der Waals surface area contributed by atoms with Gasteiger partial charge in [-0.05, 0) is 57.4 Å². The minimum absolute atomic E-state index is 0.243. The first-order valence-corrected chi connectivity index (χ1v) is 6.05. The third kappa shape index (κ3) is 4.11. The molecule has 0 bridgehead atoms. The minimum atomic E-state index is -0.243. The van der Waals surface area contributed by atoms with Gasteiger partial charge in [-0.2, -0.15) is 5.26 Å². The largest absolute Gasteiger partial charge is 0.375 e.